The summed E-state index contributed by atoms with van der Waals surface area (Å²) < 4.78 is 1.73. The molecule has 0 saturated carbocycles. The molecule has 132 valence electrons. The number of benzene rings is 1. The molecule has 0 spiro atoms. The van der Waals surface area contributed by atoms with Gasteiger partial charge in [0.2, 0.25) is 0 Å². The number of carbonyl (C=O) groups excluding carboxylic acids is 1. The van der Waals surface area contributed by atoms with E-state index in [1.54, 1.807) is 23.1 Å². The fraction of sp³-hybridized carbons (Fsp3) is 0.250. The van der Waals surface area contributed by atoms with Gasteiger partial charge >= 0.3 is 0 Å². The van der Waals surface area contributed by atoms with Crippen molar-refractivity contribution in [3.63, 3.8) is 0 Å². The van der Waals surface area contributed by atoms with Crippen LogP contribution in [0.5, 0.6) is 0 Å². The molecule has 1 aliphatic heterocycles. The number of likely N-dealkylation sites (N-methyl/N-ethyl adjacent to an activating group) is 1. The van der Waals surface area contributed by atoms with Crippen molar-refractivity contribution < 1.29 is 4.79 Å². The molecular weight excluding hydrogens is 326 g/mol. The van der Waals surface area contributed by atoms with Gasteiger partial charge in [0.25, 0.3) is 5.91 Å². The van der Waals surface area contributed by atoms with E-state index in [9.17, 15) is 4.79 Å². The van der Waals surface area contributed by atoms with Crippen molar-refractivity contribution in [2.75, 3.05) is 18.5 Å². The molecule has 0 bridgehead atoms. The molecule has 0 unspecified atom stereocenters. The van der Waals surface area contributed by atoms with Gasteiger partial charge in [-0.05, 0) is 36.8 Å². The van der Waals surface area contributed by atoms with Crippen LogP contribution in [0.1, 0.15) is 23.0 Å². The van der Waals surface area contributed by atoms with Crippen LogP contribution in [0.3, 0.4) is 0 Å². The molecule has 1 aliphatic rings. The monoisotopic (exact) mass is 347 g/mol. The Morgan fingerprint density at radius 1 is 1.15 bits per heavy atom. The van der Waals surface area contributed by atoms with E-state index in [2.05, 4.69) is 41.1 Å². The average Bonchev–Trinajstić information content (AvgIpc) is 3.16. The number of rotatable bonds is 2. The number of pyridine rings is 1. The van der Waals surface area contributed by atoms with E-state index in [0.29, 0.717) is 12.2 Å². The Balaban J connectivity index is 1.67. The minimum Gasteiger partial charge on any atom is -0.372 e. The van der Waals surface area contributed by atoms with E-state index in [-0.39, 0.29) is 11.9 Å². The van der Waals surface area contributed by atoms with Gasteiger partial charge in [-0.2, -0.15) is 5.10 Å². The second-order valence-electron chi connectivity index (χ2n) is 6.64. The molecule has 6 heteroatoms. The molecule has 4 rings (SSSR count). The van der Waals surface area contributed by atoms with Crippen molar-refractivity contribution in [2.45, 2.75) is 19.5 Å². The Bertz CT molecular complexity index is 921. The minimum absolute atomic E-state index is 0.0587. The summed E-state index contributed by atoms with van der Waals surface area (Å²) in [5.74, 6) is -0.0587. The Kier molecular flexibility index (Phi) is 4.16. The third kappa shape index (κ3) is 2.94. The van der Waals surface area contributed by atoms with Crippen LogP contribution in [0, 0.1) is 0 Å². The fourth-order valence-corrected chi connectivity index (χ4v) is 3.47. The fourth-order valence-electron chi connectivity index (χ4n) is 3.47. The molecule has 6 nitrogen and oxygen atoms in total. The molecule has 3 heterocycles. The Morgan fingerprint density at radius 3 is 2.81 bits per heavy atom. The van der Waals surface area contributed by atoms with Gasteiger partial charge in [-0.1, -0.05) is 18.2 Å². The maximum absolute atomic E-state index is 13.2. The third-order valence-electron chi connectivity index (χ3n) is 4.81. The molecule has 0 radical (unpaired) electrons. The molecule has 3 aromatic rings. The van der Waals surface area contributed by atoms with E-state index in [1.165, 1.54) is 5.69 Å². The van der Waals surface area contributed by atoms with Gasteiger partial charge < -0.3 is 9.80 Å². The highest BCUT2D eigenvalue weighted by molar-refractivity contribution is 5.93. The van der Waals surface area contributed by atoms with Crippen molar-refractivity contribution in [3.05, 3.63) is 72.3 Å². The Labute approximate surface area is 152 Å². The van der Waals surface area contributed by atoms with Gasteiger partial charge in [-0.25, -0.2) is 4.68 Å². The smallest absolute Gasteiger partial charge is 0.273 e. The normalized spacial score (nSPS) is 16.9. The van der Waals surface area contributed by atoms with Gasteiger partial charge in [0.15, 0.2) is 0 Å². The zero-order chi connectivity index (χ0) is 18.1. The summed E-state index contributed by atoms with van der Waals surface area (Å²) in [4.78, 5) is 21.6. The van der Waals surface area contributed by atoms with Crippen LogP contribution in [0.2, 0.25) is 0 Å². The Morgan fingerprint density at radius 2 is 2.00 bits per heavy atom. The highest BCUT2D eigenvalue weighted by atomic mass is 16.2. The lowest BCUT2D eigenvalue weighted by atomic mass is 10.1. The van der Waals surface area contributed by atoms with Gasteiger partial charge in [0.05, 0.1) is 5.69 Å². The molecule has 1 atom stereocenters. The first-order valence-corrected chi connectivity index (χ1v) is 8.69. The van der Waals surface area contributed by atoms with Crippen LogP contribution >= 0.6 is 0 Å². The summed E-state index contributed by atoms with van der Waals surface area (Å²) in [6.07, 6.45) is 5.22. The predicted octanol–water partition coefficient (Wildman–Crippen LogP) is 2.75. The number of carbonyl (C=O) groups is 1. The summed E-state index contributed by atoms with van der Waals surface area (Å²) >= 11 is 0. The van der Waals surface area contributed by atoms with Crippen LogP contribution in [0.15, 0.2) is 61.1 Å². The topological polar surface area (TPSA) is 54.3 Å². The number of hydrogen-bond donors (Lipinski definition) is 0. The zero-order valence-electron chi connectivity index (χ0n) is 14.9. The first kappa shape index (κ1) is 16.3. The molecule has 26 heavy (non-hydrogen) atoms. The first-order valence-electron chi connectivity index (χ1n) is 8.69. The highest BCUT2D eigenvalue weighted by Crippen LogP contribution is 2.27. The van der Waals surface area contributed by atoms with Crippen molar-refractivity contribution in [1.29, 1.82) is 0 Å². The largest absolute Gasteiger partial charge is 0.372 e. The average molecular weight is 347 g/mol. The predicted molar refractivity (Wildman–Crippen MR) is 100 cm³/mol. The number of amides is 1. The molecule has 1 amide bonds. The number of aromatic nitrogens is 3. The lowest BCUT2D eigenvalue weighted by Gasteiger charge is -2.28. The standard InChI is InChI=1S/C20H21N5O/c1-15-13-23(2)19-7-4-3-6-16(19)14-24(15)20(26)18-12-17(8-10-21-18)25-11-5-9-22-25/h3-12,15H,13-14H2,1-2H3/t15-/m0/s1. The van der Waals surface area contributed by atoms with E-state index >= 15 is 0 Å². The van der Waals surface area contributed by atoms with E-state index in [0.717, 1.165) is 17.8 Å². The van der Waals surface area contributed by atoms with Crippen LogP contribution in [0.25, 0.3) is 5.69 Å². The molecule has 0 aliphatic carbocycles. The quantitative estimate of drug-likeness (QED) is 0.715. The van der Waals surface area contributed by atoms with Crippen molar-refractivity contribution in [2.24, 2.45) is 0 Å². The van der Waals surface area contributed by atoms with Gasteiger partial charge in [-0.15, -0.1) is 0 Å². The molecule has 0 fully saturated rings. The number of nitrogens with zero attached hydrogens (tertiary/aromatic N) is 5. The van der Waals surface area contributed by atoms with E-state index in [1.807, 2.05) is 35.4 Å². The van der Waals surface area contributed by atoms with Gasteiger partial charge in [-0.3, -0.25) is 9.78 Å². The molecule has 1 aromatic carbocycles. The van der Waals surface area contributed by atoms with Gasteiger partial charge in [0.1, 0.15) is 5.69 Å². The molecule has 2 aromatic heterocycles. The summed E-state index contributed by atoms with van der Waals surface area (Å²) in [5, 5.41) is 4.23. The highest BCUT2D eigenvalue weighted by Gasteiger charge is 2.28. The van der Waals surface area contributed by atoms with Crippen LogP contribution in [-0.4, -0.2) is 45.2 Å². The van der Waals surface area contributed by atoms with Crippen LogP contribution in [-0.2, 0) is 6.54 Å². The first-order chi connectivity index (χ1) is 12.6. The van der Waals surface area contributed by atoms with Crippen molar-refractivity contribution >= 4 is 11.6 Å². The lowest BCUT2D eigenvalue weighted by molar-refractivity contribution is 0.0681. The summed E-state index contributed by atoms with van der Waals surface area (Å²) in [7, 11) is 2.07. The molecule has 0 saturated heterocycles. The second kappa shape index (κ2) is 6.63. The number of anilines is 1. The molecular formula is C20H21N5O. The zero-order valence-corrected chi connectivity index (χ0v) is 14.9. The maximum Gasteiger partial charge on any atom is 0.273 e. The maximum atomic E-state index is 13.2. The van der Waals surface area contributed by atoms with E-state index in [4.69, 9.17) is 0 Å². The van der Waals surface area contributed by atoms with E-state index < -0.39 is 0 Å². The van der Waals surface area contributed by atoms with Crippen molar-refractivity contribution in [1.82, 2.24) is 19.7 Å². The molecule has 0 N–H and O–H groups in total. The van der Waals surface area contributed by atoms with Crippen LogP contribution in [0.4, 0.5) is 5.69 Å². The SMILES string of the molecule is C[C@H]1CN(C)c2ccccc2CN1C(=O)c1cc(-n2cccn2)ccn1. The van der Waals surface area contributed by atoms with Crippen LogP contribution < -0.4 is 4.90 Å². The number of fused-ring (bicyclic) bond motifs is 1. The summed E-state index contributed by atoms with van der Waals surface area (Å²) in [6, 6.07) is 13.8. The minimum atomic E-state index is -0.0587. The summed E-state index contributed by atoms with van der Waals surface area (Å²) in [5.41, 5.74) is 3.59. The third-order valence-corrected chi connectivity index (χ3v) is 4.81. The van der Waals surface area contributed by atoms with Gasteiger partial charge in [0, 0.05) is 50.5 Å². The second-order valence-corrected chi connectivity index (χ2v) is 6.64. The summed E-state index contributed by atoms with van der Waals surface area (Å²) in [6.45, 7) is 3.44. The number of hydrogen-bond acceptors (Lipinski definition) is 4. The number of para-hydroxylation sites is 1. The lowest BCUT2D eigenvalue weighted by Crippen LogP contribution is -2.42. The van der Waals surface area contributed by atoms with Crippen molar-refractivity contribution in [3.8, 4) is 5.69 Å². The Hall–Kier alpha value is -3.15.